The van der Waals surface area contributed by atoms with Crippen molar-refractivity contribution in [2.24, 2.45) is 0 Å². The van der Waals surface area contributed by atoms with E-state index in [9.17, 15) is 9.59 Å². The zero-order valence-electron chi connectivity index (χ0n) is 22.0. The summed E-state index contributed by atoms with van der Waals surface area (Å²) >= 11 is 0. The molecule has 3 rings (SSSR count). The molecule has 36 heavy (non-hydrogen) atoms. The minimum absolute atomic E-state index is 0.0487. The number of anilines is 1. The SMILES string of the molecule is CCOCCN1CCC(=C(c2ccc(C(=O)N(CC)CC)cc2)c2cccc(NC(=O)OC)c2)CC1. The molecule has 0 aromatic heterocycles. The van der Waals surface area contributed by atoms with Crippen LogP contribution in [0.1, 0.15) is 55.1 Å². The summed E-state index contributed by atoms with van der Waals surface area (Å²) in [6, 6.07) is 15.8. The summed E-state index contributed by atoms with van der Waals surface area (Å²) in [5.74, 6) is 0.0487. The lowest BCUT2D eigenvalue weighted by atomic mass is 9.88. The maximum atomic E-state index is 12.8. The lowest BCUT2D eigenvalue weighted by Crippen LogP contribution is -2.33. The molecule has 0 atom stereocenters. The van der Waals surface area contributed by atoms with Gasteiger partial charge in [0.2, 0.25) is 0 Å². The van der Waals surface area contributed by atoms with Gasteiger partial charge in [-0.05, 0) is 74.6 Å². The first-order valence-corrected chi connectivity index (χ1v) is 12.9. The largest absolute Gasteiger partial charge is 0.453 e. The second-order valence-corrected chi connectivity index (χ2v) is 8.77. The van der Waals surface area contributed by atoms with Crippen molar-refractivity contribution in [1.29, 1.82) is 0 Å². The molecule has 0 spiro atoms. The van der Waals surface area contributed by atoms with Crippen molar-refractivity contribution < 1.29 is 19.1 Å². The van der Waals surface area contributed by atoms with Gasteiger partial charge in [-0.2, -0.15) is 0 Å². The molecule has 194 valence electrons. The van der Waals surface area contributed by atoms with Crippen LogP contribution in [-0.2, 0) is 9.47 Å². The number of nitrogens with zero attached hydrogens (tertiary/aromatic N) is 2. The normalized spacial score (nSPS) is 13.8. The Kier molecular flexibility index (Phi) is 10.5. The van der Waals surface area contributed by atoms with E-state index in [0.29, 0.717) is 24.3 Å². The molecular formula is C29H39N3O4. The molecule has 1 aliphatic heterocycles. The maximum absolute atomic E-state index is 12.8. The minimum Gasteiger partial charge on any atom is -0.453 e. The van der Waals surface area contributed by atoms with Crippen LogP contribution in [0.3, 0.4) is 0 Å². The average Bonchev–Trinajstić information content (AvgIpc) is 2.91. The van der Waals surface area contributed by atoms with Crippen LogP contribution >= 0.6 is 0 Å². The summed E-state index contributed by atoms with van der Waals surface area (Å²) < 4.78 is 10.3. The van der Waals surface area contributed by atoms with E-state index in [2.05, 4.69) is 16.3 Å². The molecule has 1 saturated heterocycles. The number of rotatable bonds is 10. The fourth-order valence-corrected chi connectivity index (χ4v) is 4.60. The molecule has 7 heteroatoms. The number of carbonyl (C=O) groups excluding carboxylic acids is 2. The standard InChI is InChI=1S/C29H39N3O4/c1-5-32(6-2)28(33)24-13-11-22(12-14-24)27(23-15-17-31(18-16-23)19-20-36-7-3)25-9-8-10-26(21-25)30-29(34)35-4/h8-14,21H,5-7,15-20H2,1-4H3,(H,30,34). The molecule has 1 aliphatic rings. The van der Waals surface area contributed by atoms with Gasteiger partial charge in [0.1, 0.15) is 0 Å². The highest BCUT2D eigenvalue weighted by molar-refractivity contribution is 5.95. The van der Waals surface area contributed by atoms with Crippen molar-refractivity contribution in [1.82, 2.24) is 9.80 Å². The van der Waals surface area contributed by atoms with Crippen molar-refractivity contribution in [3.63, 3.8) is 0 Å². The van der Waals surface area contributed by atoms with Gasteiger partial charge in [-0.25, -0.2) is 4.79 Å². The Morgan fingerprint density at radius 1 is 0.944 bits per heavy atom. The van der Waals surface area contributed by atoms with Gasteiger partial charge < -0.3 is 19.3 Å². The Labute approximate surface area is 215 Å². The van der Waals surface area contributed by atoms with Crippen LogP contribution in [-0.4, -0.2) is 74.8 Å². The maximum Gasteiger partial charge on any atom is 0.411 e. The van der Waals surface area contributed by atoms with Crippen LogP contribution in [0, 0.1) is 0 Å². The highest BCUT2D eigenvalue weighted by Crippen LogP contribution is 2.34. The summed E-state index contributed by atoms with van der Waals surface area (Å²) in [6.45, 7) is 11.8. The summed E-state index contributed by atoms with van der Waals surface area (Å²) in [6.07, 6.45) is 1.41. The first-order chi connectivity index (χ1) is 17.5. The molecule has 2 amide bonds. The predicted molar refractivity (Wildman–Crippen MR) is 144 cm³/mol. The van der Waals surface area contributed by atoms with E-state index in [1.807, 2.05) is 68.1 Å². The molecule has 2 aromatic carbocycles. The molecule has 7 nitrogen and oxygen atoms in total. The molecule has 0 radical (unpaired) electrons. The fraction of sp³-hybridized carbons (Fsp3) is 0.448. The molecular weight excluding hydrogens is 454 g/mol. The van der Waals surface area contributed by atoms with Gasteiger partial charge in [0.05, 0.1) is 13.7 Å². The van der Waals surface area contributed by atoms with Crippen LogP contribution in [0.4, 0.5) is 10.5 Å². The van der Waals surface area contributed by atoms with Crippen molar-refractivity contribution >= 4 is 23.3 Å². The summed E-state index contributed by atoms with van der Waals surface area (Å²) in [5, 5.41) is 2.77. The van der Waals surface area contributed by atoms with Crippen LogP contribution in [0.5, 0.6) is 0 Å². The molecule has 2 aromatic rings. The van der Waals surface area contributed by atoms with Crippen LogP contribution in [0.15, 0.2) is 54.1 Å². The Morgan fingerprint density at radius 2 is 1.61 bits per heavy atom. The number of piperidine rings is 1. The van der Waals surface area contributed by atoms with E-state index in [-0.39, 0.29) is 5.91 Å². The quantitative estimate of drug-likeness (QED) is 0.456. The molecule has 0 unspecified atom stereocenters. The number of nitrogens with one attached hydrogen (secondary N) is 1. The van der Waals surface area contributed by atoms with Gasteiger partial charge in [0, 0.05) is 50.6 Å². The number of hydrogen-bond acceptors (Lipinski definition) is 5. The molecule has 1 fully saturated rings. The monoisotopic (exact) mass is 493 g/mol. The van der Waals surface area contributed by atoms with Crippen molar-refractivity contribution in [2.75, 3.05) is 58.4 Å². The number of carbonyl (C=O) groups is 2. The average molecular weight is 494 g/mol. The van der Waals surface area contributed by atoms with Gasteiger partial charge in [-0.3, -0.25) is 10.1 Å². The molecule has 0 saturated carbocycles. The molecule has 1 N–H and O–H groups in total. The lowest BCUT2D eigenvalue weighted by molar-refractivity contribution is 0.0773. The predicted octanol–water partition coefficient (Wildman–Crippen LogP) is 5.28. The summed E-state index contributed by atoms with van der Waals surface area (Å²) in [7, 11) is 1.35. The number of ether oxygens (including phenoxy) is 2. The van der Waals surface area contributed by atoms with Crippen molar-refractivity contribution in [3.05, 3.63) is 70.8 Å². The Hall–Kier alpha value is -3.16. The fourth-order valence-electron chi connectivity index (χ4n) is 4.60. The number of methoxy groups -OCH3 is 1. The molecule has 0 aliphatic carbocycles. The second kappa shape index (κ2) is 13.8. The summed E-state index contributed by atoms with van der Waals surface area (Å²) in [4.78, 5) is 28.9. The third-order valence-corrected chi connectivity index (χ3v) is 6.62. The van der Waals surface area contributed by atoms with E-state index < -0.39 is 6.09 Å². The van der Waals surface area contributed by atoms with Gasteiger partial charge in [-0.15, -0.1) is 0 Å². The van der Waals surface area contributed by atoms with Crippen LogP contribution in [0.2, 0.25) is 0 Å². The lowest BCUT2D eigenvalue weighted by Gasteiger charge is -2.30. The van der Waals surface area contributed by atoms with Gasteiger partial charge in [0.15, 0.2) is 0 Å². The smallest absolute Gasteiger partial charge is 0.411 e. The number of hydrogen-bond donors (Lipinski definition) is 1. The third kappa shape index (κ3) is 7.18. The number of amides is 2. The topological polar surface area (TPSA) is 71.1 Å². The first kappa shape index (κ1) is 27.4. The Morgan fingerprint density at radius 3 is 2.22 bits per heavy atom. The molecule has 1 heterocycles. The van der Waals surface area contributed by atoms with E-state index in [1.54, 1.807) is 0 Å². The van der Waals surface area contributed by atoms with Gasteiger partial charge in [0.25, 0.3) is 5.91 Å². The van der Waals surface area contributed by atoms with E-state index in [1.165, 1.54) is 12.7 Å². The van der Waals surface area contributed by atoms with E-state index in [0.717, 1.165) is 62.4 Å². The molecule has 0 bridgehead atoms. The second-order valence-electron chi connectivity index (χ2n) is 8.77. The minimum atomic E-state index is -0.497. The van der Waals surface area contributed by atoms with Gasteiger partial charge >= 0.3 is 6.09 Å². The highest BCUT2D eigenvalue weighted by Gasteiger charge is 2.20. The van der Waals surface area contributed by atoms with E-state index >= 15 is 0 Å². The Balaban J connectivity index is 1.93. The third-order valence-electron chi connectivity index (χ3n) is 6.62. The zero-order valence-corrected chi connectivity index (χ0v) is 22.0. The Bertz CT molecular complexity index is 1030. The number of benzene rings is 2. The van der Waals surface area contributed by atoms with E-state index in [4.69, 9.17) is 9.47 Å². The van der Waals surface area contributed by atoms with Crippen molar-refractivity contribution in [2.45, 2.75) is 33.6 Å². The highest BCUT2D eigenvalue weighted by atomic mass is 16.5. The first-order valence-electron chi connectivity index (χ1n) is 12.9. The zero-order chi connectivity index (χ0) is 25.9. The van der Waals surface area contributed by atoms with Crippen LogP contribution < -0.4 is 5.32 Å². The van der Waals surface area contributed by atoms with Crippen molar-refractivity contribution in [3.8, 4) is 0 Å². The van der Waals surface area contributed by atoms with Crippen LogP contribution in [0.25, 0.3) is 5.57 Å². The summed E-state index contributed by atoms with van der Waals surface area (Å²) in [5.41, 5.74) is 6.01. The van der Waals surface area contributed by atoms with Gasteiger partial charge in [-0.1, -0.05) is 29.8 Å². The number of likely N-dealkylation sites (tertiary alicyclic amines) is 1.